The number of hydrogen-bond donors (Lipinski definition) is 1. The van der Waals surface area contributed by atoms with Gasteiger partial charge in [0.25, 0.3) is 0 Å². The van der Waals surface area contributed by atoms with Crippen molar-refractivity contribution < 1.29 is 14.6 Å². The second-order valence-electron chi connectivity index (χ2n) is 3.13. The summed E-state index contributed by atoms with van der Waals surface area (Å²) in [5, 5.41) is 8.44. The molecule has 3 heteroatoms. The summed E-state index contributed by atoms with van der Waals surface area (Å²) < 4.78 is 5.26. The molecule has 1 aliphatic rings. The van der Waals surface area contributed by atoms with Crippen LogP contribution >= 0.6 is 0 Å². The molecule has 0 aliphatic heterocycles. The molecule has 0 atom stereocenters. The molecule has 0 bridgehead atoms. The molecule has 1 fully saturated rings. The van der Waals surface area contributed by atoms with E-state index in [0.29, 0.717) is 6.42 Å². The van der Waals surface area contributed by atoms with Crippen LogP contribution in [-0.2, 0) is 9.53 Å². The van der Waals surface area contributed by atoms with Crippen LogP contribution in [0.5, 0.6) is 0 Å². The SMILES string of the molecule is COC1(CCC(=O)O)CCC1. The fourth-order valence-corrected chi connectivity index (χ4v) is 1.46. The highest BCUT2D eigenvalue weighted by Gasteiger charge is 2.36. The Kier molecular flexibility index (Phi) is 2.49. The fraction of sp³-hybridized carbons (Fsp3) is 0.875. The van der Waals surface area contributed by atoms with Crippen molar-refractivity contribution in [3.63, 3.8) is 0 Å². The molecule has 0 saturated heterocycles. The minimum atomic E-state index is -0.728. The van der Waals surface area contributed by atoms with Crippen LogP contribution in [0.1, 0.15) is 32.1 Å². The quantitative estimate of drug-likeness (QED) is 0.673. The number of carboxylic acids is 1. The lowest BCUT2D eigenvalue weighted by Gasteiger charge is -2.40. The van der Waals surface area contributed by atoms with Gasteiger partial charge >= 0.3 is 5.97 Å². The highest BCUT2D eigenvalue weighted by Crippen LogP contribution is 2.38. The van der Waals surface area contributed by atoms with Gasteiger partial charge in [0.1, 0.15) is 0 Å². The van der Waals surface area contributed by atoms with Gasteiger partial charge in [0.15, 0.2) is 0 Å². The molecule has 3 nitrogen and oxygen atoms in total. The lowest BCUT2D eigenvalue weighted by Crippen LogP contribution is -2.39. The van der Waals surface area contributed by atoms with Crippen LogP contribution in [0.15, 0.2) is 0 Å². The fourth-order valence-electron chi connectivity index (χ4n) is 1.46. The topological polar surface area (TPSA) is 46.5 Å². The van der Waals surface area contributed by atoms with E-state index in [9.17, 15) is 4.79 Å². The molecule has 0 aromatic carbocycles. The number of carbonyl (C=O) groups is 1. The summed E-state index contributed by atoms with van der Waals surface area (Å²) in [6, 6.07) is 0. The van der Waals surface area contributed by atoms with Gasteiger partial charge in [-0.05, 0) is 25.7 Å². The van der Waals surface area contributed by atoms with E-state index in [1.807, 2.05) is 0 Å². The van der Waals surface area contributed by atoms with E-state index in [1.165, 1.54) is 6.42 Å². The van der Waals surface area contributed by atoms with Gasteiger partial charge in [-0.15, -0.1) is 0 Å². The van der Waals surface area contributed by atoms with Gasteiger partial charge in [-0.25, -0.2) is 0 Å². The van der Waals surface area contributed by atoms with E-state index in [2.05, 4.69) is 0 Å². The first-order valence-corrected chi connectivity index (χ1v) is 3.95. The van der Waals surface area contributed by atoms with Crippen molar-refractivity contribution in [2.24, 2.45) is 0 Å². The van der Waals surface area contributed by atoms with Crippen molar-refractivity contribution in [1.82, 2.24) is 0 Å². The highest BCUT2D eigenvalue weighted by atomic mass is 16.5. The Labute approximate surface area is 66.4 Å². The first kappa shape index (κ1) is 8.53. The lowest BCUT2D eigenvalue weighted by atomic mass is 9.77. The van der Waals surface area contributed by atoms with Crippen molar-refractivity contribution in [3.05, 3.63) is 0 Å². The molecule has 0 spiro atoms. The van der Waals surface area contributed by atoms with E-state index < -0.39 is 5.97 Å². The molecule has 1 saturated carbocycles. The van der Waals surface area contributed by atoms with Gasteiger partial charge in [0, 0.05) is 13.5 Å². The molecule has 1 aliphatic carbocycles. The van der Waals surface area contributed by atoms with E-state index >= 15 is 0 Å². The maximum atomic E-state index is 10.2. The molecule has 0 heterocycles. The maximum absolute atomic E-state index is 10.2. The van der Waals surface area contributed by atoms with Crippen LogP contribution in [0.25, 0.3) is 0 Å². The Morgan fingerprint density at radius 2 is 2.27 bits per heavy atom. The third-order valence-corrected chi connectivity index (χ3v) is 2.49. The molecular weight excluding hydrogens is 144 g/mol. The van der Waals surface area contributed by atoms with Gasteiger partial charge in [-0.1, -0.05) is 0 Å². The molecule has 11 heavy (non-hydrogen) atoms. The predicted molar refractivity (Wildman–Crippen MR) is 40.5 cm³/mol. The summed E-state index contributed by atoms with van der Waals surface area (Å²) in [5.74, 6) is -0.728. The summed E-state index contributed by atoms with van der Waals surface area (Å²) >= 11 is 0. The largest absolute Gasteiger partial charge is 0.481 e. The van der Waals surface area contributed by atoms with Gasteiger partial charge in [-0.3, -0.25) is 4.79 Å². The van der Waals surface area contributed by atoms with Crippen molar-refractivity contribution in [2.45, 2.75) is 37.7 Å². The number of methoxy groups -OCH3 is 1. The predicted octanol–water partition coefficient (Wildman–Crippen LogP) is 1.42. The normalized spacial score (nSPS) is 20.8. The van der Waals surface area contributed by atoms with Crippen molar-refractivity contribution in [3.8, 4) is 0 Å². The second kappa shape index (κ2) is 3.22. The molecule has 0 unspecified atom stereocenters. The van der Waals surface area contributed by atoms with E-state index in [-0.39, 0.29) is 12.0 Å². The average molecular weight is 158 g/mol. The van der Waals surface area contributed by atoms with Gasteiger partial charge in [0.05, 0.1) is 5.60 Å². The number of rotatable bonds is 4. The first-order chi connectivity index (χ1) is 5.18. The maximum Gasteiger partial charge on any atom is 0.303 e. The molecule has 64 valence electrons. The zero-order valence-corrected chi connectivity index (χ0v) is 6.80. The zero-order chi connectivity index (χ0) is 8.32. The van der Waals surface area contributed by atoms with Crippen LogP contribution in [0.3, 0.4) is 0 Å². The number of hydrogen-bond acceptors (Lipinski definition) is 2. The summed E-state index contributed by atoms with van der Waals surface area (Å²) in [6.45, 7) is 0. The molecule has 0 aromatic rings. The van der Waals surface area contributed by atoms with Crippen molar-refractivity contribution in [1.29, 1.82) is 0 Å². The van der Waals surface area contributed by atoms with Gasteiger partial charge in [-0.2, -0.15) is 0 Å². The number of carboxylic acid groups (broad SMARTS) is 1. The highest BCUT2D eigenvalue weighted by molar-refractivity contribution is 5.66. The Morgan fingerprint density at radius 1 is 1.64 bits per heavy atom. The third-order valence-electron chi connectivity index (χ3n) is 2.49. The zero-order valence-electron chi connectivity index (χ0n) is 6.80. The number of aliphatic carboxylic acids is 1. The Balaban J connectivity index is 2.27. The molecule has 1 rings (SSSR count). The standard InChI is InChI=1S/C8H14O3/c1-11-8(4-2-5-8)6-3-7(9)10/h2-6H2,1H3,(H,9,10). The minimum Gasteiger partial charge on any atom is -0.481 e. The molecular formula is C8H14O3. The van der Waals surface area contributed by atoms with Crippen LogP contribution in [0, 0.1) is 0 Å². The van der Waals surface area contributed by atoms with Gasteiger partial charge < -0.3 is 9.84 Å². The molecule has 0 radical (unpaired) electrons. The smallest absolute Gasteiger partial charge is 0.303 e. The molecule has 1 N–H and O–H groups in total. The van der Waals surface area contributed by atoms with Crippen LogP contribution in [0.4, 0.5) is 0 Å². The van der Waals surface area contributed by atoms with E-state index in [0.717, 1.165) is 12.8 Å². The Bertz CT molecular complexity index is 144. The molecule has 0 aromatic heterocycles. The monoisotopic (exact) mass is 158 g/mol. The average Bonchev–Trinajstić information content (AvgIpc) is 1.86. The van der Waals surface area contributed by atoms with E-state index in [4.69, 9.17) is 9.84 Å². The summed E-state index contributed by atoms with van der Waals surface area (Å²) in [7, 11) is 1.67. The summed E-state index contributed by atoms with van der Waals surface area (Å²) in [5.41, 5.74) is -0.0849. The first-order valence-electron chi connectivity index (χ1n) is 3.95. The summed E-state index contributed by atoms with van der Waals surface area (Å²) in [6.07, 6.45) is 4.12. The molecule has 0 amide bonds. The van der Waals surface area contributed by atoms with Crippen molar-refractivity contribution in [2.75, 3.05) is 7.11 Å². The minimum absolute atomic E-state index is 0.0849. The Hall–Kier alpha value is -0.570. The summed E-state index contributed by atoms with van der Waals surface area (Å²) in [4.78, 5) is 10.2. The number of ether oxygens (including phenoxy) is 1. The van der Waals surface area contributed by atoms with Gasteiger partial charge in [0.2, 0.25) is 0 Å². The lowest BCUT2D eigenvalue weighted by molar-refractivity contribution is -0.140. The van der Waals surface area contributed by atoms with Crippen LogP contribution < -0.4 is 0 Å². The third kappa shape index (κ3) is 1.93. The van der Waals surface area contributed by atoms with Crippen LogP contribution in [0.2, 0.25) is 0 Å². The van der Waals surface area contributed by atoms with Crippen LogP contribution in [-0.4, -0.2) is 23.8 Å². The van der Waals surface area contributed by atoms with E-state index in [1.54, 1.807) is 7.11 Å². The van der Waals surface area contributed by atoms with Crippen molar-refractivity contribution >= 4 is 5.97 Å². The Morgan fingerprint density at radius 3 is 2.55 bits per heavy atom. The second-order valence-corrected chi connectivity index (χ2v) is 3.13.